The molecule has 0 saturated heterocycles. The third-order valence-electron chi connectivity index (χ3n) is 1.84. The lowest BCUT2D eigenvalue weighted by Crippen LogP contribution is -2.15. The van der Waals surface area contributed by atoms with Crippen molar-refractivity contribution in [1.82, 2.24) is 15.3 Å². The van der Waals surface area contributed by atoms with Gasteiger partial charge in [0.1, 0.15) is 6.33 Å². The van der Waals surface area contributed by atoms with Crippen LogP contribution >= 0.6 is 0 Å². The van der Waals surface area contributed by atoms with Crippen molar-refractivity contribution in [3.8, 4) is 11.8 Å². The Morgan fingerprint density at radius 2 is 1.93 bits per heavy atom. The molecule has 0 unspecified atom stereocenters. The van der Waals surface area contributed by atoms with Crippen LogP contribution in [0.4, 0.5) is 0 Å². The van der Waals surface area contributed by atoms with Crippen LogP contribution < -0.4 is 14.8 Å². The molecular weight excluding hydrogens is 194 g/mol. The molecule has 1 aromatic heterocycles. The van der Waals surface area contributed by atoms with E-state index in [2.05, 4.69) is 21.9 Å². The summed E-state index contributed by atoms with van der Waals surface area (Å²) in [6.07, 6.45) is 3.19. The Bertz CT molecular complexity index is 306. The van der Waals surface area contributed by atoms with Gasteiger partial charge in [0, 0.05) is 13.1 Å². The first-order chi connectivity index (χ1) is 7.33. The van der Waals surface area contributed by atoms with Gasteiger partial charge >= 0.3 is 0 Å². The van der Waals surface area contributed by atoms with Crippen molar-refractivity contribution in [2.45, 2.75) is 6.54 Å². The average molecular weight is 209 g/mol. The van der Waals surface area contributed by atoms with Crippen molar-refractivity contribution < 1.29 is 9.47 Å². The van der Waals surface area contributed by atoms with E-state index < -0.39 is 0 Å². The Kier molecular flexibility index (Phi) is 4.56. The molecular formula is C10H15N3O2. The number of nitrogens with one attached hydrogen (secondary N) is 1. The fourth-order valence-electron chi connectivity index (χ4n) is 1.18. The minimum atomic E-state index is 0.526. The molecule has 15 heavy (non-hydrogen) atoms. The normalized spacial score (nSPS) is 9.73. The molecule has 0 aromatic carbocycles. The van der Waals surface area contributed by atoms with Gasteiger partial charge in [0.05, 0.1) is 19.8 Å². The molecule has 1 heterocycles. The van der Waals surface area contributed by atoms with Crippen LogP contribution in [0.25, 0.3) is 0 Å². The van der Waals surface area contributed by atoms with E-state index in [0.717, 1.165) is 5.56 Å². The lowest BCUT2D eigenvalue weighted by atomic mass is 10.3. The summed E-state index contributed by atoms with van der Waals surface area (Å²) in [5, 5.41) is 3.14. The second-order valence-electron chi connectivity index (χ2n) is 2.79. The molecule has 0 saturated carbocycles. The fourth-order valence-corrected chi connectivity index (χ4v) is 1.18. The van der Waals surface area contributed by atoms with Crippen LogP contribution in [0.1, 0.15) is 5.56 Å². The molecule has 0 aliphatic carbocycles. The van der Waals surface area contributed by atoms with Crippen molar-refractivity contribution in [3.05, 3.63) is 24.5 Å². The molecule has 1 rings (SSSR count). The van der Waals surface area contributed by atoms with Gasteiger partial charge in [0.2, 0.25) is 11.8 Å². The average Bonchev–Trinajstić information content (AvgIpc) is 2.29. The minimum Gasteiger partial charge on any atom is -0.481 e. The summed E-state index contributed by atoms with van der Waals surface area (Å²) < 4.78 is 10.2. The van der Waals surface area contributed by atoms with Crippen molar-refractivity contribution >= 4 is 0 Å². The van der Waals surface area contributed by atoms with Gasteiger partial charge in [-0.25, -0.2) is 9.97 Å². The monoisotopic (exact) mass is 209 g/mol. The molecule has 5 heteroatoms. The quantitative estimate of drug-likeness (QED) is 0.554. The van der Waals surface area contributed by atoms with Crippen molar-refractivity contribution in [2.24, 2.45) is 0 Å². The predicted octanol–water partition coefficient (Wildman–Crippen LogP) is 0.769. The Labute approximate surface area is 89.1 Å². The molecule has 1 aromatic rings. The predicted molar refractivity (Wildman–Crippen MR) is 57.0 cm³/mol. The Morgan fingerprint density at radius 1 is 1.33 bits per heavy atom. The highest BCUT2D eigenvalue weighted by atomic mass is 16.5. The molecule has 0 radical (unpaired) electrons. The molecule has 0 spiro atoms. The van der Waals surface area contributed by atoms with Gasteiger partial charge in [0.15, 0.2) is 0 Å². The zero-order chi connectivity index (χ0) is 11.1. The van der Waals surface area contributed by atoms with E-state index in [4.69, 9.17) is 9.47 Å². The van der Waals surface area contributed by atoms with Crippen LogP contribution in [0, 0.1) is 0 Å². The van der Waals surface area contributed by atoms with Crippen LogP contribution in [0.2, 0.25) is 0 Å². The molecule has 0 atom stereocenters. The van der Waals surface area contributed by atoms with Gasteiger partial charge in [0.25, 0.3) is 0 Å². The van der Waals surface area contributed by atoms with E-state index in [-0.39, 0.29) is 0 Å². The number of ether oxygens (including phenoxy) is 2. The number of aromatic nitrogens is 2. The second kappa shape index (κ2) is 5.98. The largest absolute Gasteiger partial charge is 0.481 e. The van der Waals surface area contributed by atoms with Crippen LogP contribution in [0.5, 0.6) is 11.8 Å². The highest BCUT2D eigenvalue weighted by Gasteiger charge is 2.11. The molecule has 0 aliphatic rings. The molecule has 0 amide bonds. The molecule has 0 bridgehead atoms. The van der Waals surface area contributed by atoms with Gasteiger partial charge in [-0.05, 0) is 0 Å². The molecule has 5 nitrogen and oxygen atoms in total. The minimum absolute atomic E-state index is 0.526. The van der Waals surface area contributed by atoms with Gasteiger partial charge in [-0.1, -0.05) is 6.08 Å². The fraction of sp³-hybridized carbons (Fsp3) is 0.400. The van der Waals surface area contributed by atoms with E-state index in [9.17, 15) is 0 Å². The zero-order valence-corrected chi connectivity index (χ0v) is 8.99. The third kappa shape index (κ3) is 2.92. The maximum Gasteiger partial charge on any atom is 0.224 e. The maximum atomic E-state index is 5.12. The van der Waals surface area contributed by atoms with Crippen molar-refractivity contribution in [1.29, 1.82) is 0 Å². The number of rotatable bonds is 6. The van der Waals surface area contributed by atoms with E-state index in [1.807, 2.05) is 0 Å². The summed E-state index contributed by atoms with van der Waals surface area (Å²) in [6.45, 7) is 4.91. The van der Waals surface area contributed by atoms with Gasteiger partial charge in [-0.3, -0.25) is 0 Å². The van der Waals surface area contributed by atoms with Crippen LogP contribution in [-0.2, 0) is 6.54 Å². The van der Waals surface area contributed by atoms with Crippen LogP contribution in [-0.4, -0.2) is 30.7 Å². The molecule has 1 N–H and O–H groups in total. The van der Waals surface area contributed by atoms with E-state index in [1.165, 1.54) is 6.33 Å². The lowest BCUT2D eigenvalue weighted by molar-refractivity contribution is 0.360. The van der Waals surface area contributed by atoms with Crippen molar-refractivity contribution in [2.75, 3.05) is 20.8 Å². The summed E-state index contributed by atoms with van der Waals surface area (Å²) in [5.41, 5.74) is 0.810. The number of hydrogen-bond donors (Lipinski definition) is 1. The van der Waals surface area contributed by atoms with E-state index >= 15 is 0 Å². The zero-order valence-electron chi connectivity index (χ0n) is 8.99. The number of methoxy groups -OCH3 is 2. The summed E-state index contributed by atoms with van der Waals surface area (Å²) in [5.74, 6) is 1.05. The molecule has 0 aliphatic heterocycles. The number of nitrogens with zero attached hydrogens (tertiary/aromatic N) is 2. The van der Waals surface area contributed by atoms with Crippen molar-refractivity contribution in [3.63, 3.8) is 0 Å². The summed E-state index contributed by atoms with van der Waals surface area (Å²) in [6, 6.07) is 0. The van der Waals surface area contributed by atoms with Gasteiger partial charge in [-0.2, -0.15) is 0 Å². The van der Waals surface area contributed by atoms with Crippen LogP contribution in [0.15, 0.2) is 19.0 Å². The first-order valence-electron chi connectivity index (χ1n) is 4.57. The third-order valence-corrected chi connectivity index (χ3v) is 1.84. The number of hydrogen-bond acceptors (Lipinski definition) is 5. The van der Waals surface area contributed by atoms with E-state index in [0.29, 0.717) is 24.8 Å². The maximum absolute atomic E-state index is 5.12. The van der Waals surface area contributed by atoms with Gasteiger partial charge in [-0.15, -0.1) is 6.58 Å². The topological polar surface area (TPSA) is 56.3 Å². The Morgan fingerprint density at radius 3 is 2.40 bits per heavy atom. The lowest BCUT2D eigenvalue weighted by Gasteiger charge is -2.10. The first kappa shape index (κ1) is 11.5. The Hall–Kier alpha value is -1.62. The molecule has 0 fully saturated rings. The smallest absolute Gasteiger partial charge is 0.224 e. The van der Waals surface area contributed by atoms with Crippen LogP contribution in [0.3, 0.4) is 0 Å². The van der Waals surface area contributed by atoms with Gasteiger partial charge < -0.3 is 14.8 Å². The second-order valence-corrected chi connectivity index (χ2v) is 2.79. The summed E-state index contributed by atoms with van der Waals surface area (Å²) in [7, 11) is 3.14. The summed E-state index contributed by atoms with van der Waals surface area (Å²) in [4.78, 5) is 8.01. The highest BCUT2D eigenvalue weighted by Crippen LogP contribution is 2.22. The first-order valence-corrected chi connectivity index (χ1v) is 4.57. The highest BCUT2D eigenvalue weighted by molar-refractivity contribution is 5.34. The SMILES string of the molecule is C=CCNCc1c(OC)ncnc1OC. The summed E-state index contributed by atoms with van der Waals surface area (Å²) >= 11 is 0. The molecule has 82 valence electrons. The van der Waals surface area contributed by atoms with E-state index in [1.54, 1.807) is 20.3 Å². The standard InChI is InChI=1S/C10H15N3O2/c1-4-5-11-6-8-9(14-2)12-7-13-10(8)15-3/h4,7,11H,1,5-6H2,2-3H3. The Balaban J connectivity index is 2.84.